The van der Waals surface area contributed by atoms with Crippen LogP contribution in [0.15, 0.2) is 138 Å². The van der Waals surface area contributed by atoms with Crippen molar-refractivity contribution in [3.8, 4) is 46.9 Å². The maximum Gasteiger partial charge on any atom is 1.00 e. The van der Waals surface area contributed by atoms with Gasteiger partial charge in [0.15, 0.2) is 17.3 Å². The number of benzene rings is 5. The number of nitrogens with one attached hydrogen (secondary N) is 1. The molecule has 0 saturated carbocycles. The molecular formula is C62H59BrCl3K2N5O10SSi. The van der Waals surface area contributed by atoms with Crippen LogP contribution in [-0.2, 0) is 14.5 Å². The summed E-state index contributed by atoms with van der Waals surface area (Å²) in [4.78, 5) is 90.9. The Balaban J connectivity index is 0. The number of piperidine rings is 1. The van der Waals surface area contributed by atoms with E-state index in [0.717, 1.165) is 45.1 Å². The second-order valence-corrected chi connectivity index (χ2v) is 25.1. The first-order valence-corrected chi connectivity index (χ1v) is 29.7. The zero-order valence-electron chi connectivity index (χ0n) is 48.8. The van der Waals surface area contributed by atoms with E-state index in [2.05, 4.69) is 85.1 Å². The summed E-state index contributed by atoms with van der Waals surface area (Å²) in [7, 11) is -1.30. The molecule has 2 aromatic heterocycles. The quantitative estimate of drug-likeness (QED) is 0.0199. The minimum Gasteiger partial charge on any atom is -1.00 e. The summed E-state index contributed by atoms with van der Waals surface area (Å²) in [5.74, 6) is 15.5. The molecule has 1 aliphatic rings. The van der Waals surface area contributed by atoms with E-state index in [4.69, 9.17) is 45.5 Å². The van der Waals surface area contributed by atoms with Crippen LogP contribution in [0, 0.1) is 35.6 Å². The second kappa shape index (κ2) is 40.7. The number of aromatic nitrogens is 2. The van der Waals surface area contributed by atoms with E-state index in [1.807, 2.05) is 60.7 Å². The van der Waals surface area contributed by atoms with Crippen LogP contribution in [0.5, 0.6) is 0 Å². The molecule has 5 aromatic carbocycles. The van der Waals surface area contributed by atoms with Gasteiger partial charge in [-0.15, -0.1) is 24.4 Å². The molecule has 15 nitrogen and oxygen atoms in total. The molecule has 0 bridgehead atoms. The maximum absolute atomic E-state index is 13.0. The van der Waals surface area contributed by atoms with Gasteiger partial charge < -0.3 is 21.6 Å². The number of carboxylic acid groups (broad SMARTS) is 1. The number of fused-ring (bicyclic) bond motifs is 1. The van der Waals surface area contributed by atoms with Gasteiger partial charge in [0.05, 0.1) is 21.8 Å². The fourth-order valence-electron chi connectivity index (χ4n) is 7.25. The third-order valence-corrected chi connectivity index (χ3v) is 13.4. The summed E-state index contributed by atoms with van der Waals surface area (Å²) in [5.41, 5.74) is 13.1. The molecule has 0 unspecified atom stereocenters. The molecule has 23 heteroatoms. The zero-order valence-corrected chi connectivity index (χ0v) is 60.0. The van der Waals surface area contributed by atoms with Crippen molar-refractivity contribution in [1.29, 1.82) is 0 Å². The number of aliphatic carboxylic acids is 1. The number of pyridine rings is 2. The molecule has 8 rings (SSSR count). The molecule has 1 aliphatic heterocycles. The molecule has 432 valence electrons. The average molecular weight is 1360 g/mol. The van der Waals surface area contributed by atoms with Crippen molar-refractivity contribution < 1.29 is 153 Å². The van der Waals surface area contributed by atoms with Crippen molar-refractivity contribution in [1.82, 2.24) is 20.3 Å². The molecule has 0 aliphatic carbocycles. The first kappa shape index (κ1) is 80.3. The minimum absolute atomic E-state index is 0. The third-order valence-electron chi connectivity index (χ3n) is 11.4. The molecule has 1 fully saturated rings. The summed E-state index contributed by atoms with van der Waals surface area (Å²) in [6, 6.07) is 36.2. The summed E-state index contributed by atoms with van der Waals surface area (Å²) in [6.07, 6.45) is 8.59. The number of halogens is 4. The smallest absolute Gasteiger partial charge is 1.00 e. The Morgan fingerprint density at radius 3 is 1.74 bits per heavy atom. The number of hydrogen-bond acceptors (Lipinski definition) is 12. The minimum atomic E-state index is -1.30. The Hall–Kier alpha value is -4.66. The standard InChI is InChI=1S/C30H23Cl2N5O4.C13H16OSi.C10H8O.C8H7BrO.CH2O3.ClH.2K.H2S.H/c31-23-13-20(29(39)37-12-2-1-3-26(37)30(40)41)11-10-18(23)7-4-17-5-8-19(9-6-17)24-14-21(28(38)36-33)22-16-34-27(32)15-25(22)35-24;1-11(14)13-7-5-12(6-8-13)9-10-15(2,3)4;1-3-9-4-6-10(7-5-9)8(2)11;1-6(10)7-2-4-8(9)5-3-7;2-1-4-3;;;;;/h5-6,8-11,13-16,26H,1-3,12,33H2,(H,36,38)(H,40,41);5-8H,1-4H3;1,4-7H,2H3;2-5H,1H3;1,3H;1H;;;1H2;/q;;;;;;2*+1;;-1/p-1/t26-;;;;;;;;;/m0........./s1. The van der Waals surface area contributed by atoms with E-state index in [0.29, 0.717) is 62.4 Å². The van der Waals surface area contributed by atoms with Gasteiger partial charge in [0.1, 0.15) is 19.3 Å². The van der Waals surface area contributed by atoms with Crippen LogP contribution in [0.25, 0.3) is 22.2 Å². The Kier molecular flexibility index (Phi) is 38.5. The number of nitrogens with two attached hydrogens (primary N) is 1. The van der Waals surface area contributed by atoms with Gasteiger partial charge in [-0.05, 0) is 113 Å². The molecule has 1 atom stereocenters. The molecule has 2 amide bonds. The van der Waals surface area contributed by atoms with Crippen molar-refractivity contribution in [3.63, 3.8) is 0 Å². The predicted octanol–water partition coefficient (Wildman–Crippen LogP) is 5.42. The van der Waals surface area contributed by atoms with Gasteiger partial charge in [0.2, 0.25) is 0 Å². The van der Waals surface area contributed by atoms with Crippen LogP contribution in [0.2, 0.25) is 29.8 Å². The first-order chi connectivity index (χ1) is 38.5. The Labute approximate surface area is 614 Å². The topological polar surface area (TPSA) is 239 Å². The number of nitrogen functional groups attached to an aromatic ring is 1. The molecule has 0 radical (unpaired) electrons. The normalized spacial score (nSPS) is 11.4. The molecule has 3 heterocycles. The molecule has 1 saturated heterocycles. The number of rotatable bonds is 8. The van der Waals surface area contributed by atoms with Gasteiger partial charge in [0.25, 0.3) is 18.3 Å². The summed E-state index contributed by atoms with van der Waals surface area (Å²) < 4.78 is 0.998. The van der Waals surface area contributed by atoms with E-state index < -0.39 is 26.0 Å². The first-order valence-electron chi connectivity index (χ1n) is 24.6. The fraction of sp³-hybridized carbons (Fsp3) is 0.177. The number of carbonyl (C=O) groups is 7. The summed E-state index contributed by atoms with van der Waals surface area (Å²) in [5, 5.41) is 19.0. The number of carboxylic acids is 1. The van der Waals surface area contributed by atoms with E-state index in [9.17, 15) is 33.9 Å². The number of hydrogen-bond donors (Lipinski definition) is 3. The van der Waals surface area contributed by atoms with E-state index in [1.165, 1.54) is 24.1 Å². The van der Waals surface area contributed by atoms with Crippen LogP contribution in [0.4, 0.5) is 0 Å². The van der Waals surface area contributed by atoms with Crippen LogP contribution < -0.4 is 119 Å². The number of terminal acetylenes is 1. The Morgan fingerprint density at radius 1 is 0.776 bits per heavy atom. The number of likely N-dealkylation sites (tertiary alicyclic amines) is 1. The van der Waals surface area contributed by atoms with Gasteiger partial charge >= 0.3 is 109 Å². The number of amides is 2. The molecule has 85 heavy (non-hydrogen) atoms. The molecular weight excluding hydrogens is 1300 g/mol. The largest absolute Gasteiger partial charge is 1.00 e. The Bertz CT molecular complexity index is 3620. The number of ketones is 3. The third kappa shape index (κ3) is 27.1. The SMILES string of the molecule is C#Cc1ccc(C(C)=O)cc1.CC(=O)c1ccc(Br)cc1.CC(=O)c1ccc(C#C[Si](C)(C)C)cc1.Cl.NNC(=O)c1cc(-c2ccc(C#Cc3ccc(C(=O)N4CCCC[C@H]4C(=O)O)cc3Cl)cc2)nc2cc(Cl)ncc12.O=CO[O-].S.[H-].[K+].[K+]. The predicted molar refractivity (Wildman–Crippen MR) is 336 cm³/mol. The van der Waals surface area contributed by atoms with Crippen LogP contribution in [0.3, 0.4) is 0 Å². The fourth-order valence-corrected chi connectivity index (χ4v) is 8.42. The maximum atomic E-state index is 13.0. The zero-order chi connectivity index (χ0) is 59.8. The van der Waals surface area contributed by atoms with Gasteiger partial charge in [-0.2, -0.15) is 13.5 Å². The summed E-state index contributed by atoms with van der Waals surface area (Å²) in [6.45, 7) is 11.5. The number of Topliss-reactive ketones (excluding diaryl/α,β-unsaturated/α-hetero) is 3. The van der Waals surface area contributed by atoms with Crippen LogP contribution in [0.1, 0.15) is 116 Å². The van der Waals surface area contributed by atoms with Gasteiger partial charge in [-0.3, -0.25) is 34.2 Å². The Morgan fingerprint density at radius 2 is 1.27 bits per heavy atom. The van der Waals surface area contributed by atoms with Crippen molar-refractivity contribution in [2.45, 2.75) is 65.7 Å². The van der Waals surface area contributed by atoms with Crippen LogP contribution in [-0.4, -0.2) is 82.2 Å². The average Bonchev–Trinajstić information content (AvgIpc) is 3.63. The number of hydrazine groups is 1. The van der Waals surface area contributed by atoms with E-state index >= 15 is 0 Å². The molecule has 7 aromatic rings. The van der Waals surface area contributed by atoms with E-state index in [-0.39, 0.29) is 165 Å². The van der Waals surface area contributed by atoms with E-state index in [1.54, 1.807) is 74.5 Å². The monoisotopic (exact) mass is 1360 g/mol. The summed E-state index contributed by atoms with van der Waals surface area (Å²) >= 11 is 15.8. The molecule has 4 N–H and O–H groups in total. The van der Waals surface area contributed by atoms with Gasteiger partial charge in [-0.25, -0.2) is 20.6 Å². The molecule has 0 spiro atoms. The van der Waals surface area contributed by atoms with Crippen molar-refractivity contribution in [2.24, 2.45) is 5.84 Å². The van der Waals surface area contributed by atoms with Crippen molar-refractivity contribution in [3.05, 3.63) is 198 Å². The van der Waals surface area contributed by atoms with Crippen LogP contribution >= 0.6 is 65.0 Å². The van der Waals surface area contributed by atoms with Gasteiger partial charge in [-0.1, -0.05) is 131 Å². The number of nitrogens with zero attached hydrogens (tertiary/aromatic N) is 3. The number of carbonyl (C=O) groups excluding carboxylic acids is 6. The van der Waals surface area contributed by atoms with Crippen molar-refractivity contribution >= 4 is 126 Å². The van der Waals surface area contributed by atoms with Crippen molar-refractivity contribution in [2.75, 3.05) is 6.54 Å². The second-order valence-electron chi connectivity index (χ2n) is 18.6. The van der Waals surface area contributed by atoms with Gasteiger partial charge in [0, 0.05) is 78.7 Å².